The zero-order valence-electron chi connectivity index (χ0n) is 7.43. The maximum atomic E-state index is 10.3. The molecule has 6 nitrogen and oxygen atoms in total. The van der Waals surface area contributed by atoms with E-state index in [0.29, 0.717) is 25.6 Å². The van der Waals surface area contributed by atoms with Gasteiger partial charge in [0.2, 0.25) is 0 Å². The molecule has 0 unspecified atom stereocenters. The average Bonchev–Trinajstić information content (AvgIpc) is 2.61. The van der Waals surface area contributed by atoms with Crippen molar-refractivity contribution >= 4 is 17.3 Å². The summed E-state index contributed by atoms with van der Waals surface area (Å²) in [7, 11) is 0. The van der Waals surface area contributed by atoms with E-state index in [4.69, 9.17) is 16.3 Å². The fourth-order valence-corrected chi connectivity index (χ4v) is 0.993. The monoisotopic (exact) mass is 219 g/mol. The Morgan fingerprint density at radius 3 is 3.00 bits per heavy atom. The van der Waals surface area contributed by atoms with Gasteiger partial charge in [0.15, 0.2) is 0 Å². The average molecular weight is 220 g/mol. The maximum absolute atomic E-state index is 10.3. The quantitative estimate of drug-likeness (QED) is 0.310. The second-order valence-electron chi connectivity index (χ2n) is 2.52. The minimum absolute atomic E-state index is 0.0117. The first-order valence-corrected chi connectivity index (χ1v) is 4.58. The first kappa shape index (κ1) is 10.9. The Kier molecular flexibility index (Phi) is 4.34. The molecule has 0 aliphatic heterocycles. The molecule has 0 saturated carbocycles. The topological polar surface area (TPSA) is 70.2 Å². The smallest absolute Gasteiger partial charge is 0.306 e. The molecule has 78 valence electrons. The molecule has 7 heteroatoms. The van der Waals surface area contributed by atoms with Gasteiger partial charge in [-0.25, -0.2) is 0 Å². The van der Waals surface area contributed by atoms with Crippen molar-refractivity contribution in [2.75, 3.05) is 19.1 Å². The number of aromatic nitrogens is 2. The third-order valence-corrected chi connectivity index (χ3v) is 1.67. The number of nitro groups is 1. The molecule has 0 amide bonds. The van der Waals surface area contributed by atoms with Crippen LogP contribution < -0.4 is 0 Å². The molecule has 0 aliphatic rings. The minimum Gasteiger partial charge on any atom is -0.378 e. The fraction of sp³-hybridized carbons (Fsp3) is 0.571. The SMILES string of the molecule is O=[N+]([O-])c1cnn(CCOCCCl)c1. The fourth-order valence-electron chi connectivity index (χ4n) is 0.884. The van der Waals surface area contributed by atoms with Gasteiger partial charge in [0.05, 0.1) is 24.7 Å². The van der Waals surface area contributed by atoms with E-state index in [1.165, 1.54) is 17.1 Å². The number of alkyl halides is 1. The van der Waals surface area contributed by atoms with Crippen LogP contribution in [0.2, 0.25) is 0 Å². The number of nitrogens with zero attached hydrogens (tertiary/aromatic N) is 3. The second-order valence-corrected chi connectivity index (χ2v) is 2.90. The summed E-state index contributed by atoms with van der Waals surface area (Å²) in [5.74, 6) is 0.444. The van der Waals surface area contributed by atoms with Crippen molar-refractivity contribution in [1.82, 2.24) is 9.78 Å². The lowest BCUT2D eigenvalue weighted by atomic mass is 10.6. The van der Waals surface area contributed by atoms with Crippen LogP contribution in [0.15, 0.2) is 12.4 Å². The van der Waals surface area contributed by atoms with Gasteiger partial charge in [-0.15, -0.1) is 11.6 Å². The van der Waals surface area contributed by atoms with E-state index in [2.05, 4.69) is 5.10 Å². The summed E-state index contributed by atoms with van der Waals surface area (Å²) in [5, 5.41) is 14.1. The Morgan fingerprint density at radius 2 is 2.43 bits per heavy atom. The van der Waals surface area contributed by atoms with Crippen molar-refractivity contribution in [2.24, 2.45) is 0 Å². The molecule has 0 aromatic carbocycles. The van der Waals surface area contributed by atoms with Crippen LogP contribution in [-0.4, -0.2) is 33.8 Å². The summed E-state index contributed by atoms with van der Waals surface area (Å²) in [6.07, 6.45) is 2.58. The molecule has 0 atom stereocenters. The highest BCUT2D eigenvalue weighted by molar-refractivity contribution is 6.17. The van der Waals surface area contributed by atoms with Crippen LogP contribution in [0.1, 0.15) is 0 Å². The Hall–Kier alpha value is -1.14. The predicted molar refractivity (Wildman–Crippen MR) is 50.4 cm³/mol. The molecule has 1 aromatic heterocycles. The van der Waals surface area contributed by atoms with E-state index in [-0.39, 0.29) is 5.69 Å². The van der Waals surface area contributed by atoms with Crippen LogP contribution in [0.4, 0.5) is 5.69 Å². The lowest BCUT2D eigenvalue weighted by Gasteiger charge is -2.00. The first-order chi connectivity index (χ1) is 6.74. The third-order valence-electron chi connectivity index (χ3n) is 1.52. The number of hydrogen-bond donors (Lipinski definition) is 0. The van der Waals surface area contributed by atoms with Crippen LogP contribution in [-0.2, 0) is 11.3 Å². The molecule has 14 heavy (non-hydrogen) atoms. The van der Waals surface area contributed by atoms with Crippen molar-refractivity contribution in [3.63, 3.8) is 0 Å². The zero-order chi connectivity index (χ0) is 10.4. The summed E-state index contributed by atoms with van der Waals surface area (Å²) in [6.45, 7) is 1.42. The Morgan fingerprint density at radius 1 is 1.64 bits per heavy atom. The van der Waals surface area contributed by atoms with Gasteiger partial charge < -0.3 is 4.74 Å². The minimum atomic E-state index is -0.483. The van der Waals surface area contributed by atoms with E-state index in [9.17, 15) is 10.1 Å². The maximum Gasteiger partial charge on any atom is 0.306 e. The highest BCUT2D eigenvalue weighted by atomic mass is 35.5. The van der Waals surface area contributed by atoms with Crippen LogP contribution in [0, 0.1) is 10.1 Å². The lowest BCUT2D eigenvalue weighted by Crippen LogP contribution is -2.07. The molecule has 0 spiro atoms. The number of ether oxygens (including phenoxy) is 1. The van der Waals surface area contributed by atoms with E-state index < -0.39 is 4.92 Å². The van der Waals surface area contributed by atoms with Crippen molar-refractivity contribution < 1.29 is 9.66 Å². The molecule has 0 N–H and O–H groups in total. The van der Waals surface area contributed by atoms with Crippen LogP contribution in [0.5, 0.6) is 0 Å². The van der Waals surface area contributed by atoms with Gasteiger partial charge in [-0.05, 0) is 0 Å². The van der Waals surface area contributed by atoms with Gasteiger partial charge in [-0.1, -0.05) is 0 Å². The predicted octanol–water partition coefficient (Wildman–Crippen LogP) is 1.05. The molecular weight excluding hydrogens is 210 g/mol. The van der Waals surface area contributed by atoms with Crippen molar-refractivity contribution in [3.8, 4) is 0 Å². The van der Waals surface area contributed by atoms with Crippen molar-refractivity contribution in [2.45, 2.75) is 6.54 Å². The van der Waals surface area contributed by atoms with E-state index in [0.717, 1.165) is 0 Å². The first-order valence-electron chi connectivity index (χ1n) is 4.04. The molecule has 0 aliphatic carbocycles. The number of halogens is 1. The Labute approximate surface area is 85.6 Å². The highest BCUT2D eigenvalue weighted by Crippen LogP contribution is 2.07. The normalized spacial score (nSPS) is 10.4. The molecule has 1 rings (SSSR count). The molecule has 1 aromatic rings. The van der Waals surface area contributed by atoms with E-state index >= 15 is 0 Å². The summed E-state index contributed by atoms with van der Waals surface area (Å²) >= 11 is 5.39. The molecular formula is C7H10ClN3O3. The standard InChI is InChI=1S/C7H10ClN3O3/c8-1-3-14-4-2-10-6-7(5-9-10)11(12)13/h5-6H,1-4H2. The summed E-state index contributed by atoms with van der Waals surface area (Å²) in [4.78, 5) is 9.81. The van der Waals surface area contributed by atoms with E-state index in [1.54, 1.807) is 0 Å². The molecule has 0 radical (unpaired) electrons. The van der Waals surface area contributed by atoms with Crippen molar-refractivity contribution in [1.29, 1.82) is 0 Å². The Balaban J connectivity index is 2.33. The summed E-state index contributed by atoms with van der Waals surface area (Å²) in [5.41, 5.74) is -0.0117. The van der Waals surface area contributed by atoms with Crippen LogP contribution in [0.25, 0.3) is 0 Å². The summed E-state index contributed by atoms with van der Waals surface area (Å²) in [6, 6.07) is 0. The Bertz CT molecular complexity index is 302. The summed E-state index contributed by atoms with van der Waals surface area (Å²) < 4.78 is 6.56. The molecule has 0 saturated heterocycles. The zero-order valence-corrected chi connectivity index (χ0v) is 8.18. The number of hydrogen-bond acceptors (Lipinski definition) is 4. The van der Waals surface area contributed by atoms with Gasteiger partial charge in [-0.3, -0.25) is 14.8 Å². The number of rotatable bonds is 6. The second kappa shape index (κ2) is 5.56. The van der Waals surface area contributed by atoms with Gasteiger partial charge in [-0.2, -0.15) is 5.10 Å². The van der Waals surface area contributed by atoms with Gasteiger partial charge >= 0.3 is 5.69 Å². The van der Waals surface area contributed by atoms with Gasteiger partial charge in [0, 0.05) is 5.88 Å². The van der Waals surface area contributed by atoms with Crippen LogP contribution in [0.3, 0.4) is 0 Å². The molecule has 1 heterocycles. The molecule has 0 fully saturated rings. The van der Waals surface area contributed by atoms with Gasteiger partial charge in [0.25, 0.3) is 0 Å². The largest absolute Gasteiger partial charge is 0.378 e. The lowest BCUT2D eigenvalue weighted by molar-refractivity contribution is -0.385. The van der Waals surface area contributed by atoms with E-state index in [1.807, 2.05) is 0 Å². The molecule has 0 bridgehead atoms. The van der Waals surface area contributed by atoms with Gasteiger partial charge in [0.1, 0.15) is 12.4 Å². The highest BCUT2D eigenvalue weighted by Gasteiger charge is 2.07. The van der Waals surface area contributed by atoms with Crippen molar-refractivity contribution in [3.05, 3.63) is 22.5 Å². The third kappa shape index (κ3) is 3.31. The van der Waals surface area contributed by atoms with Crippen LogP contribution >= 0.6 is 11.6 Å².